The molecule has 1 aliphatic heterocycles. The lowest BCUT2D eigenvalue weighted by Crippen LogP contribution is -2.31. The van der Waals surface area contributed by atoms with Crippen molar-refractivity contribution in [2.24, 2.45) is 0 Å². The van der Waals surface area contributed by atoms with E-state index in [0.717, 1.165) is 22.2 Å². The van der Waals surface area contributed by atoms with Gasteiger partial charge in [-0.2, -0.15) is 0 Å². The van der Waals surface area contributed by atoms with Crippen molar-refractivity contribution in [3.8, 4) is 0 Å². The summed E-state index contributed by atoms with van der Waals surface area (Å²) in [6.45, 7) is 2.76. The Morgan fingerprint density at radius 3 is 2.42 bits per heavy atom. The van der Waals surface area contributed by atoms with Gasteiger partial charge >= 0.3 is 17.8 Å². The third kappa shape index (κ3) is 2.40. The Kier molecular flexibility index (Phi) is 3.46. The molecule has 2 heterocycles. The summed E-state index contributed by atoms with van der Waals surface area (Å²) in [6, 6.07) is 2.91. The number of pyridine rings is 1. The number of nitrogens with zero attached hydrogens (tertiary/aromatic N) is 3. The van der Waals surface area contributed by atoms with Crippen LogP contribution >= 0.6 is 0 Å². The number of amides is 4. The summed E-state index contributed by atoms with van der Waals surface area (Å²) in [4.78, 5) is 40.5. The van der Waals surface area contributed by atoms with Gasteiger partial charge in [-0.3, -0.25) is 19.4 Å². The van der Waals surface area contributed by atoms with Crippen LogP contribution in [-0.4, -0.2) is 46.2 Å². The van der Waals surface area contributed by atoms with E-state index >= 15 is 0 Å². The summed E-state index contributed by atoms with van der Waals surface area (Å²) in [6.07, 6.45) is 1.57. The highest BCUT2D eigenvalue weighted by Gasteiger charge is 2.41. The molecule has 100 valence electrons. The molecule has 0 aromatic carbocycles. The minimum absolute atomic E-state index is 0.0488. The van der Waals surface area contributed by atoms with Crippen LogP contribution in [0.3, 0.4) is 0 Å². The molecule has 19 heavy (non-hydrogen) atoms. The zero-order chi connectivity index (χ0) is 14.0. The van der Waals surface area contributed by atoms with E-state index in [2.05, 4.69) is 10.3 Å². The van der Waals surface area contributed by atoms with Crippen molar-refractivity contribution in [1.82, 2.24) is 14.8 Å². The van der Waals surface area contributed by atoms with E-state index in [-0.39, 0.29) is 6.54 Å². The van der Waals surface area contributed by atoms with Crippen LogP contribution in [0, 0.1) is 0 Å². The van der Waals surface area contributed by atoms with Crippen molar-refractivity contribution < 1.29 is 14.4 Å². The third-order valence-electron chi connectivity index (χ3n) is 2.77. The minimum atomic E-state index is -0.803. The maximum absolute atomic E-state index is 11.7. The first kappa shape index (κ1) is 13.0. The Bertz CT molecular complexity index is 526. The largest absolute Gasteiger partial charge is 0.370 e. The predicted octanol–water partition coefficient (Wildman–Crippen LogP) is 0.434. The Balaban J connectivity index is 2.11. The van der Waals surface area contributed by atoms with Crippen molar-refractivity contribution in [3.05, 3.63) is 23.9 Å². The summed E-state index contributed by atoms with van der Waals surface area (Å²) in [7, 11) is 1.29. The molecule has 1 saturated heterocycles. The smallest absolute Gasteiger partial charge is 0.334 e. The summed E-state index contributed by atoms with van der Waals surface area (Å²) >= 11 is 0. The number of urea groups is 1. The first-order chi connectivity index (χ1) is 9.04. The molecule has 1 aromatic heterocycles. The fourth-order valence-corrected chi connectivity index (χ4v) is 1.74. The molecule has 1 fully saturated rings. The molecule has 0 bridgehead atoms. The number of imide groups is 2. The summed E-state index contributed by atoms with van der Waals surface area (Å²) < 4.78 is 0. The first-order valence-corrected chi connectivity index (χ1v) is 5.87. The Morgan fingerprint density at radius 2 is 1.95 bits per heavy atom. The van der Waals surface area contributed by atoms with Gasteiger partial charge in [-0.15, -0.1) is 0 Å². The van der Waals surface area contributed by atoms with Crippen LogP contribution in [0.5, 0.6) is 0 Å². The fourth-order valence-electron chi connectivity index (χ4n) is 1.74. The topological polar surface area (TPSA) is 82.6 Å². The van der Waals surface area contributed by atoms with Crippen LogP contribution in [0.15, 0.2) is 18.3 Å². The highest BCUT2D eigenvalue weighted by molar-refractivity contribution is 6.44. The fraction of sp³-hybridized carbons (Fsp3) is 0.333. The van der Waals surface area contributed by atoms with Crippen LogP contribution in [0.1, 0.15) is 12.5 Å². The van der Waals surface area contributed by atoms with Crippen LogP contribution in [0.25, 0.3) is 0 Å². The number of hydrogen-bond acceptors (Lipinski definition) is 5. The Labute approximate surface area is 110 Å². The number of nitrogens with one attached hydrogen (secondary N) is 1. The van der Waals surface area contributed by atoms with Crippen molar-refractivity contribution in [2.45, 2.75) is 13.5 Å². The highest BCUT2D eigenvalue weighted by atomic mass is 16.2. The normalized spacial score (nSPS) is 15.4. The van der Waals surface area contributed by atoms with Crippen molar-refractivity contribution in [3.63, 3.8) is 0 Å². The maximum atomic E-state index is 11.7. The molecule has 2 rings (SSSR count). The van der Waals surface area contributed by atoms with Gasteiger partial charge in [-0.25, -0.2) is 9.78 Å². The van der Waals surface area contributed by atoms with E-state index in [1.165, 1.54) is 7.05 Å². The van der Waals surface area contributed by atoms with E-state index < -0.39 is 17.8 Å². The maximum Gasteiger partial charge on any atom is 0.334 e. The Morgan fingerprint density at radius 1 is 1.21 bits per heavy atom. The summed E-state index contributed by atoms with van der Waals surface area (Å²) in [5.74, 6) is -0.885. The van der Waals surface area contributed by atoms with Crippen LogP contribution in [-0.2, 0) is 16.1 Å². The van der Waals surface area contributed by atoms with E-state index in [9.17, 15) is 14.4 Å². The van der Waals surface area contributed by atoms with E-state index in [1.807, 2.05) is 6.92 Å². The lowest BCUT2D eigenvalue weighted by molar-refractivity contribution is -0.143. The van der Waals surface area contributed by atoms with Gasteiger partial charge in [-0.05, 0) is 18.6 Å². The van der Waals surface area contributed by atoms with E-state index in [0.29, 0.717) is 5.56 Å². The molecule has 0 saturated carbocycles. The third-order valence-corrected chi connectivity index (χ3v) is 2.77. The van der Waals surface area contributed by atoms with Gasteiger partial charge in [0.05, 0.1) is 6.54 Å². The lowest BCUT2D eigenvalue weighted by atomic mass is 10.2. The number of likely N-dealkylation sites (N-methyl/N-ethyl adjacent to an activating group) is 1. The van der Waals surface area contributed by atoms with Gasteiger partial charge in [-0.1, -0.05) is 6.07 Å². The molecule has 1 aliphatic rings. The van der Waals surface area contributed by atoms with E-state index in [4.69, 9.17) is 0 Å². The number of anilines is 1. The molecule has 0 atom stereocenters. The van der Waals surface area contributed by atoms with E-state index in [1.54, 1.807) is 18.3 Å². The second-order valence-corrected chi connectivity index (χ2v) is 4.12. The molecule has 0 aliphatic carbocycles. The van der Waals surface area contributed by atoms with Crippen LogP contribution in [0.2, 0.25) is 0 Å². The van der Waals surface area contributed by atoms with Crippen molar-refractivity contribution in [2.75, 3.05) is 18.9 Å². The summed E-state index contributed by atoms with van der Waals surface area (Å²) in [5.41, 5.74) is 0.687. The van der Waals surface area contributed by atoms with Gasteiger partial charge in [0.15, 0.2) is 0 Å². The van der Waals surface area contributed by atoms with Gasteiger partial charge < -0.3 is 5.32 Å². The van der Waals surface area contributed by atoms with Gasteiger partial charge in [0.1, 0.15) is 5.82 Å². The highest BCUT2D eigenvalue weighted by Crippen LogP contribution is 2.14. The average molecular weight is 262 g/mol. The second kappa shape index (κ2) is 5.05. The second-order valence-electron chi connectivity index (χ2n) is 4.12. The molecule has 7 nitrogen and oxygen atoms in total. The number of hydrogen-bond donors (Lipinski definition) is 1. The SMILES string of the molecule is CCNc1ccc(CN2C(=O)C(=O)N(C)C2=O)cn1. The number of aromatic nitrogens is 1. The molecular formula is C12H14N4O3. The molecule has 1 N–H and O–H groups in total. The Hall–Kier alpha value is -2.44. The molecule has 0 radical (unpaired) electrons. The van der Waals surface area contributed by atoms with Crippen molar-refractivity contribution in [1.29, 1.82) is 0 Å². The van der Waals surface area contributed by atoms with Gasteiger partial charge in [0.2, 0.25) is 0 Å². The van der Waals surface area contributed by atoms with Crippen molar-refractivity contribution >= 4 is 23.7 Å². The molecule has 7 heteroatoms. The quantitative estimate of drug-likeness (QED) is 0.628. The monoisotopic (exact) mass is 262 g/mol. The zero-order valence-electron chi connectivity index (χ0n) is 10.7. The van der Waals surface area contributed by atoms with Gasteiger partial charge in [0.25, 0.3) is 0 Å². The van der Waals surface area contributed by atoms with Crippen LogP contribution < -0.4 is 5.32 Å². The minimum Gasteiger partial charge on any atom is -0.370 e. The molecule has 1 aromatic rings. The summed E-state index contributed by atoms with van der Waals surface area (Å²) in [5, 5.41) is 3.04. The standard InChI is InChI=1S/C12H14N4O3/c1-3-13-9-5-4-8(6-14-9)7-16-11(18)10(17)15(2)12(16)19/h4-6H,3,7H2,1-2H3,(H,13,14). The molecule has 4 amide bonds. The molecule has 0 unspecified atom stereocenters. The zero-order valence-corrected chi connectivity index (χ0v) is 10.7. The molecule has 0 spiro atoms. The molecular weight excluding hydrogens is 248 g/mol. The van der Waals surface area contributed by atoms with Gasteiger partial charge in [0, 0.05) is 19.8 Å². The predicted molar refractivity (Wildman–Crippen MR) is 67.1 cm³/mol. The first-order valence-electron chi connectivity index (χ1n) is 5.87. The lowest BCUT2D eigenvalue weighted by Gasteiger charge is -2.12. The number of carbonyl (C=O) groups is 3. The average Bonchev–Trinajstić information content (AvgIpc) is 2.59. The number of rotatable bonds is 4. The number of carbonyl (C=O) groups excluding carboxylic acids is 3. The van der Waals surface area contributed by atoms with Crippen LogP contribution in [0.4, 0.5) is 10.6 Å².